The summed E-state index contributed by atoms with van der Waals surface area (Å²) in [6.45, 7) is 2.95. The molecule has 0 aliphatic heterocycles. The largest absolute Gasteiger partial charge is 0.396 e. The number of amides is 1. The number of hydrogen-bond donors (Lipinski definition) is 2. The van der Waals surface area contributed by atoms with Gasteiger partial charge in [0, 0.05) is 19.6 Å². The van der Waals surface area contributed by atoms with Gasteiger partial charge in [-0.2, -0.15) is 0 Å². The average Bonchev–Trinajstić information content (AvgIpc) is 2.30. The van der Waals surface area contributed by atoms with Crippen LogP contribution in [0.2, 0.25) is 0 Å². The predicted molar refractivity (Wildman–Crippen MR) is 65.1 cm³/mol. The molecule has 0 heterocycles. The molecular weight excluding hydrogens is 202 g/mol. The average molecular weight is 227 g/mol. The molecule has 2 N–H and O–H groups in total. The van der Waals surface area contributed by atoms with Crippen molar-refractivity contribution in [1.82, 2.24) is 5.32 Å². The fourth-order valence-electron chi connectivity index (χ4n) is 2.54. The van der Waals surface area contributed by atoms with Gasteiger partial charge in [-0.25, -0.2) is 0 Å². The van der Waals surface area contributed by atoms with Crippen molar-refractivity contribution >= 4 is 5.91 Å². The van der Waals surface area contributed by atoms with E-state index in [9.17, 15) is 4.79 Å². The monoisotopic (exact) mass is 227 g/mol. The van der Waals surface area contributed by atoms with E-state index in [1.54, 1.807) is 0 Å². The summed E-state index contributed by atoms with van der Waals surface area (Å²) >= 11 is 0. The lowest BCUT2D eigenvalue weighted by atomic mass is 9.79. The van der Waals surface area contributed by atoms with Crippen molar-refractivity contribution in [2.24, 2.45) is 11.8 Å². The first-order valence-electron chi connectivity index (χ1n) is 6.61. The molecule has 1 rings (SSSR count). The maximum absolute atomic E-state index is 11.6. The molecule has 0 aromatic rings. The standard InChI is InChI=1S/C13H25NO2/c1-11(12-6-3-2-4-7-12)10-13(16)14-8-5-9-15/h11-12,15H,2-10H2,1H3,(H,14,16). The molecule has 1 fully saturated rings. The van der Waals surface area contributed by atoms with Crippen LogP contribution in [-0.4, -0.2) is 24.2 Å². The lowest BCUT2D eigenvalue weighted by Gasteiger charge is -2.27. The normalized spacial score (nSPS) is 19.4. The third-order valence-corrected chi connectivity index (χ3v) is 3.62. The second-order valence-electron chi connectivity index (χ2n) is 5.01. The van der Waals surface area contributed by atoms with Crippen LogP contribution in [0.1, 0.15) is 51.9 Å². The molecule has 94 valence electrons. The van der Waals surface area contributed by atoms with Gasteiger partial charge < -0.3 is 10.4 Å². The quantitative estimate of drug-likeness (QED) is 0.683. The Balaban J connectivity index is 2.16. The van der Waals surface area contributed by atoms with E-state index in [1.165, 1.54) is 32.1 Å². The van der Waals surface area contributed by atoms with Gasteiger partial charge in [0.2, 0.25) is 5.91 Å². The van der Waals surface area contributed by atoms with E-state index in [2.05, 4.69) is 12.2 Å². The molecule has 0 spiro atoms. The van der Waals surface area contributed by atoms with E-state index >= 15 is 0 Å². The summed E-state index contributed by atoms with van der Waals surface area (Å²) in [5.41, 5.74) is 0. The predicted octanol–water partition coefficient (Wildman–Crippen LogP) is 2.09. The molecule has 0 aromatic carbocycles. The summed E-state index contributed by atoms with van der Waals surface area (Å²) in [6.07, 6.45) is 7.93. The zero-order valence-corrected chi connectivity index (χ0v) is 10.4. The molecule has 1 saturated carbocycles. The maximum Gasteiger partial charge on any atom is 0.220 e. The Kier molecular flexibility index (Phi) is 6.46. The molecule has 0 radical (unpaired) electrons. The van der Waals surface area contributed by atoms with Gasteiger partial charge in [-0.05, 0) is 18.3 Å². The summed E-state index contributed by atoms with van der Waals surface area (Å²) in [6, 6.07) is 0. The van der Waals surface area contributed by atoms with Crippen LogP contribution in [-0.2, 0) is 4.79 Å². The molecule has 1 atom stereocenters. The van der Waals surface area contributed by atoms with Crippen LogP contribution in [0.15, 0.2) is 0 Å². The molecule has 1 amide bonds. The Hall–Kier alpha value is -0.570. The first kappa shape index (κ1) is 13.5. The van der Waals surface area contributed by atoms with Crippen LogP contribution in [0, 0.1) is 11.8 Å². The van der Waals surface area contributed by atoms with Crippen molar-refractivity contribution in [1.29, 1.82) is 0 Å². The topological polar surface area (TPSA) is 49.3 Å². The van der Waals surface area contributed by atoms with Crippen molar-refractivity contribution in [2.45, 2.75) is 51.9 Å². The number of nitrogens with one attached hydrogen (secondary N) is 1. The second-order valence-corrected chi connectivity index (χ2v) is 5.01. The highest BCUT2D eigenvalue weighted by molar-refractivity contribution is 5.76. The van der Waals surface area contributed by atoms with Gasteiger partial charge in [0.15, 0.2) is 0 Å². The van der Waals surface area contributed by atoms with Crippen LogP contribution in [0.4, 0.5) is 0 Å². The third kappa shape index (κ3) is 4.97. The Morgan fingerprint density at radius 1 is 1.38 bits per heavy atom. The first-order valence-corrected chi connectivity index (χ1v) is 6.61. The Morgan fingerprint density at radius 2 is 2.06 bits per heavy atom. The summed E-state index contributed by atoms with van der Waals surface area (Å²) in [5, 5.41) is 11.5. The zero-order chi connectivity index (χ0) is 11.8. The number of aliphatic hydroxyl groups is 1. The molecule has 1 aliphatic carbocycles. The highest BCUT2D eigenvalue weighted by Crippen LogP contribution is 2.31. The van der Waals surface area contributed by atoms with Gasteiger partial charge in [-0.1, -0.05) is 39.0 Å². The lowest BCUT2D eigenvalue weighted by Crippen LogP contribution is -2.28. The minimum Gasteiger partial charge on any atom is -0.396 e. The van der Waals surface area contributed by atoms with Crippen LogP contribution in [0.25, 0.3) is 0 Å². The molecule has 0 saturated heterocycles. The van der Waals surface area contributed by atoms with Crippen LogP contribution >= 0.6 is 0 Å². The fourth-order valence-corrected chi connectivity index (χ4v) is 2.54. The number of rotatable bonds is 6. The van der Waals surface area contributed by atoms with Crippen molar-refractivity contribution in [3.63, 3.8) is 0 Å². The molecule has 1 aliphatic rings. The maximum atomic E-state index is 11.6. The van der Waals surface area contributed by atoms with Crippen molar-refractivity contribution in [2.75, 3.05) is 13.2 Å². The second kappa shape index (κ2) is 7.66. The number of carbonyl (C=O) groups excluding carboxylic acids is 1. The molecule has 0 bridgehead atoms. The Labute approximate surface area is 98.6 Å². The fraction of sp³-hybridized carbons (Fsp3) is 0.923. The van der Waals surface area contributed by atoms with E-state index in [0.717, 1.165) is 5.92 Å². The first-order chi connectivity index (χ1) is 7.74. The van der Waals surface area contributed by atoms with Gasteiger partial charge in [0.05, 0.1) is 0 Å². The molecule has 3 nitrogen and oxygen atoms in total. The van der Waals surface area contributed by atoms with Crippen LogP contribution < -0.4 is 5.32 Å². The van der Waals surface area contributed by atoms with E-state index in [4.69, 9.17) is 5.11 Å². The number of aliphatic hydroxyl groups excluding tert-OH is 1. The zero-order valence-electron chi connectivity index (χ0n) is 10.4. The van der Waals surface area contributed by atoms with E-state index in [0.29, 0.717) is 25.3 Å². The van der Waals surface area contributed by atoms with Gasteiger partial charge >= 0.3 is 0 Å². The van der Waals surface area contributed by atoms with Crippen molar-refractivity contribution in [3.8, 4) is 0 Å². The number of carbonyl (C=O) groups is 1. The van der Waals surface area contributed by atoms with Gasteiger partial charge in [-0.15, -0.1) is 0 Å². The van der Waals surface area contributed by atoms with Crippen molar-refractivity contribution < 1.29 is 9.90 Å². The van der Waals surface area contributed by atoms with E-state index < -0.39 is 0 Å². The molecule has 3 heteroatoms. The highest BCUT2D eigenvalue weighted by atomic mass is 16.3. The van der Waals surface area contributed by atoms with E-state index in [1.807, 2.05) is 0 Å². The van der Waals surface area contributed by atoms with Gasteiger partial charge in [-0.3, -0.25) is 4.79 Å². The van der Waals surface area contributed by atoms with E-state index in [-0.39, 0.29) is 12.5 Å². The van der Waals surface area contributed by atoms with Crippen LogP contribution in [0.5, 0.6) is 0 Å². The minimum atomic E-state index is 0.145. The minimum absolute atomic E-state index is 0.145. The lowest BCUT2D eigenvalue weighted by molar-refractivity contribution is -0.122. The Bertz CT molecular complexity index is 200. The third-order valence-electron chi connectivity index (χ3n) is 3.62. The SMILES string of the molecule is CC(CC(=O)NCCCO)C1CCCCC1. The van der Waals surface area contributed by atoms with Crippen molar-refractivity contribution in [3.05, 3.63) is 0 Å². The smallest absolute Gasteiger partial charge is 0.220 e. The van der Waals surface area contributed by atoms with Crippen LogP contribution in [0.3, 0.4) is 0 Å². The summed E-state index contributed by atoms with van der Waals surface area (Å²) in [4.78, 5) is 11.6. The summed E-state index contributed by atoms with van der Waals surface area (Å²) in [5.74, 6) is 1.40. The molecule has 16 heavy (non-hydrogen) atoms. The van der Waals surface area contributed by atoms with Gasteiger partial charge in [0.1, 0.15) is 0 Å². The molecule has 0 aromatic heterocycles. The Morgan fingerprint density at radius 3 is 2.69 bits per heavy atom. The molecular formula is C13H25NO2. The molecule has 1 unspecified atom stereocenters. The highest BCUT2D eigenvalue weighted by Gasteiger charge is 2.21. The summed E-state index contributed by atoms with van der Waals surface area (Å²) < 4.78 is 0. The number of hydrogen-bond acceptors (Lipinski definition) is 2. The van der Waals surface area contributed by atoms with Gasteiger partial charge in [0.25, 0.3) is 0 Å². The summed E-state index contributed by atoms with van der Waals surface area (Å²) in [7, 11) is 0.